The highest BCUT2D eigenvalue weighted by Crippen LogP contribution is 2.50. The van der Waals surface area contributed by atoms with Gasteiger partial charge in [0.05, 0.1) is 35.1 Å². The average molecular weight is 587 g/mol. The van der Waals surface area contributed by atoms with Crippen LogP contribution >= 0.6 is 15.9 Å². The van der Waals surface area contributed by atoms with Gasteiger partial charge in [-0.1, -0.05) is 30.4 Å². The molecular weight excluding hydrogens is 564 g/mol. The Bertz CT molecular complexity index is 1590. The van der Waals surface area contributed by atoms with E-state index in [0.717, 1.165) is 11.3 Å². The molecule has 3 aromatic rings. The Balaban J connectivity index is 1.34. The van der Waals surface area contributed by atoms with Crippen molar-refractivity contribution in [2.75, 3.05) is 30.1 Å². The van der Waals surface area contributed by atoms with E-state index in [1.165, 1.54) is 4.90 Å². The summed E-state index contributed by atoms with van der Waals surface area (Å²) in [6.45, 7) is 0.827. The van der Waals surface area contributed by atoms with E-state index in [1.54, 1.807) is 43.5 Å². The summed E-state index contributed by atoms with van der Waals surface area (Å²) in [4.78, 5) is 45.6. The minimum atomic E-state index is -0.870. The molecule has 0 N–H and O–H groups in total. The van der Waals surface area contributed by atoms with Crippen molar-refractivity contribution in [2.45, 2.75) is 12.1 Å². The Kier molecular flexibility index (Phi) is 5.52. The Labute approximate surface area is 232 Å². The number of anilines is 2. The molecule has 7 rings (SSSR count). The maximum atomic E-state index is 14.2. The first-order valence-corrected chi connectivity index (χ1v) is 13.5. The molecule has 0 saturated carbocycles. The number of methoxy groups -OCH3 is 1. The fourth-order valence-electron chi connectivity index (χ4n) is 6.23. The molecule has 2 amide bonds. The van der Waals surface area contributed by atoms with Crippen molar-refractivity contribution >= 4 is 51.0 Å². The molecule has 4 aliphatic rings. The predicted molar refractivity (Wildman–Crippen MR) is 147 cm³/mol. The molecule has 4 heterocycles. The van der Waals surface area contributed by atoms with E-state index in [1.807, 2.05) is 41.3 Å². The minimum absolute atomic E-state index is 0.230. The third-order valence-electron chi connectivity index (χ3n) is 7.90. The van der Waals surface area contributed by atoms with Gasteiger partial charge in [-0.2, -0.15) is 0 Å². The van der Waals surface area contributed by atoms with Gasteiger partial charge >= 0.3 is 0 Å². The number of ketones is 1. The molecule has 0 bridgehead atoms. The van der Waals surface area contributed by atoms with Gasteiger partial charge in [-0.25, -0.2) is 4.90 Å². The lowest BCUT2D eigenvalue weighted by molar-refractivity contribution is -0.122. The molecule has 9 heteroatoms. The molecule has 2 fully saturated rings. The SMILES string of the molecule is COc1ccc(C(=O)[C@@H]2[C@@H]3C(=O)N(c4ccc5c(c4)OCCO5)C(=O)[C@H]3[C@H]3C=Cc4ccccc4N32)cc1Br. The molecule has 8 nitrogen and oxygen atoms in total. The van der Waals surface area contributed by atoms with E-state index >= 15 is 0 Å². The second-order valence-electron chi connectivity index (χ2n) is 9.87. The molecule has 39 heavy (non-hydrogen) atoms. The number of rotatable bonds is 4. The lowest BCUT2D eigenvalue weighted by Crippen LogP contribution is -2.48. The molecule has 3 aromatic carbocycles. The molecule has 0 aromatic heterocycles. The summed E-state index contributed by atoms with van der Waals surface area (Å²) < 4.78 is 17.3. The summed E-state index contributed by atoms with van der Waals surface area (Å²) in [7, 11) is 1.56. The Morgan fingerprint density at radius 2 is 1.72 bits per heavy atom. The van der Waals surface area contributed by atoms with Gasteiger partial charge in [0.25, 0.3) is 0 Å². The van der Waals surface area contributed by atoms with E-state index < -0.39 is 29.8 Å². The van der Waals surface area contributed by atoms with Crippen LogP contribution in [0.2, 0.25) is 0 Å². The number of fused-ring (bicyclic) bond motifs is 6. The van der Waals surface area contributed by atoms with Crippen LogP contribution in [0.5, 0.6) is 17.2 Å². The fraction of sp³-hybridized carbons (Fsp3) is 0.233. The quantitative estimate of drug-likeness (QED) is 0.328. The second kappa shape index (κ2) is 8.98. The molecule has 0 unspecified atom stereocenters. The first-order chi connectivity index (χ1) is 19.0. The van der Waals surface area contributed by atoms with E-state index in [9.17, 15) is 14.4 Å². The molecule has 0 radical (unpaired) electrons. The van der Waals surface area contributed by atoms with Crippen LogP contribution in [-0.2, 0) is 9.59 Å². The zero-order valence-electron chi connectivity index (χ0n) is 20.9. The molecule has 0 aliphatic carbocycles. The summed E-state index contributed by atoms with van der Waals surface area (Å²) in [5, 5.41) is 0. The normalized spacial score (nSPS) is 24.4. The third kappa shape index (κ3) is 3.52. The van der Waals surface area contributed by atoms with Crippen LogP contribution in [0.25, 0.3) is 6.08 Å². The van der Waals surface area contributed by atoms with Crippen molar-refractivity contribution in [3.8, 4) is 17.2 Å². The highest BCUT2D eigenvalue weighted by atomic mass is 79.9. The number of benzene rings is 3. The van der Waals surface area contributed by atoms with E-state index in [-0.39, 0.29) is 11.7 Å². The first-order valence-electron chi connectivity index (χ1n) is 12.7. The lowest BCUT2D eigenvalue weighted by atomic mass is 9.86. The maximum Gasteiger partial charge on any atom is 0.240 e. The maximum absolute atomic E-state index is 14.2. The lowest BCUT2D eigenvalue weighted by Gasteiger charge is -2.36. The molecule has 4 aliphatic heterocycles. The number of nitrogens with zero attached hydrogens (tertiary/aromatic N) is 2. The van der Waals surface area contributed by atoms with Crippen molar-refractivity contribution in [2.24, 2.45) is 11.8 Å². The predicted octanol–water partition coefficient (Wildman–Crippen LogP) is 4.50. The number of Topliss-reactive ketones (excluding diaryl/α,β-unsaturated/α-hetero) is 1. The second-order valence-corrected chi connectivity index (χ2v) is 10.7. The summed E-state index contributed by atoms with van der Waals surface area (Å²) >= 11 is 3.47. The molecule has 2 saturated heterocycles. The van der Waals surface area contributed by atoms with Gasteiger partial charge in [-0.05, 0) is 57.9 Å². The van der Waals surface area contributed by atoms with Crippen LogP contribution in [0.1, 0.15) is 15.9 Å². The molecule has 4 atom stereocenters. The minimum Gasteiger partial charge on any atom is -0.496 e. The van der Waals surface area contributed by atoms with Gasteiger partial charge in [-0.3, -0.25) is 14.4 Å². The Hall–Kier alpha value is -4.11. The van der Waals surface area contributed by atoms with Gasteiger partial charge in [0.15, 0.2) is 17.3 Å². The fourth-order valence-corrected chi connectivity index (χ4v) is 6.77. The van der Waals surface area contributed by atoms with Gasteiger partial charge < -0.3 is 19.1 Å². The summed E-state index contributed by atoms with van der Waals surface area (Å²) in [6, 6.07) is 16.6. The van der Waals surface area contributed by atoms with Crippen LogP contribution < -0.4 is 24.0 Å². The largest absolute Gasteiger partial charge is 0.496 e. The van der Waals surface area contributed by atoms with Crippen molar-refractivity contribution in [1.29, 1.82) is 0 Å². The highest BCUT2D eigenvalue weighted by Gasteiger charge is 2.64. The Morgan fingerprint density at radius 1 is 0.949 bits per heavy atom. The van der Waals surface area contributed by atoms with Gasteiger partial charge in [0.2, 0.25) is 11.8 Å². The van der Waals surface area contributed by atoms with Crippen LogP contribution in [-0.4, -0.2) is 50.0 Å². The van der Waals surface area contributed by atoms with Crippen molar-refractivity contribution in [3.05, 3.63) is 82.3 Å². The van der Waals surface area contributed by atoms with Crippen molar-refractivity contribution in [1.82, 2.24) is 0 Å². The molecule has 0 spiro atoms. The van der Waals surface area contributed by atoms with Crippen LogP contribution in [0.15, 0.2) is 71.2 Å². The number of carbonyl (C=O) groups is 3. The number of imide groups is 1. The summed E-state index contributed by atoms with van der Waals surface area (Å²) in [6.07, 6.45) is 3.91. The number of amides is 2. The average Bonchev–Trinajstić information content (AvgIpc) is 3.44. The number of halogens is 1. The highest BCUT2D eigenvalue weighted by molar-refractivity contribution is 9.10. The van der Waals surface area contributed by atoms with Crippen molar-refractivity contribution < 1.29 is 28.6 Å². The van der Waals surface area contributed by atoms with Crippen LogP contribution in [0.4, 0.5) is 11.4 Å². The molecule has 196 valence electrons. The number of hydrogen-bond acceptors (Lipinski definition) is 7. The van der Waals surface area contributed by atoms with E-state index in [0.29, 0.717) is 46.2 Å². The first kappa shape index (κ1) is 24.0. The standard InChI is InChI=1S/C30H23BrN2O6/c1-37-22-10-7-17(14-19(22)31)28(34)27-26-25(21-9-6-16-4-2-3-5-20(16)33(21)27)29(35)32(30(26)36)18-8-11-23-24(15-18)39-13-12-38-23/h2-11,14-15,21,25-27H,12-13H2,1H3/t21-,25+,26-,27+/m1/s1. The monoisotopic (exact) mass is 586 g/mol. The third-order valence-corrected chi connectivity index (χ3v) is 8.52. The number of carbonyl (C=O) groups excluding carboxylic acids is 3. The van der Waals surface area contributed by atoms with E-state index in [4.69, 9.17) is 14.2 Å². The topological polar surface area (TPSA) is 85.4 Å². The number of hydrogen-bond donors (Lipinski definition) is 0. The van der Waals surface area contributed by atoms with E-state index in [2.05, 4.69) is 15.9 Å². The zero-order valence-corrected chi connectivity index (χ0v) is 22.5. The van der Waals surface area contributed by atoms with Crippen LogP contribution in [0, 0.1) is 11.8 Å². The van der Waals surface area contributed by atoms with Crippen LogP contribution in [0.3, 0.4) is 0 Å². The van der Waals surface area contributed by atoms with Crippen molar-refractivity contribution in [3.63, 3.8) is 0 Å². The van der Waals surface area contributed by atoms with Gasteiger partial charge in [-0.15, -0.1) is 0 Å². The van der Waals surface area contributed by atoms with Gasteiger partial charge in [0, 0.05) is 17.3 Å². The van der Waals surface area contributed by atoms with Gasteiger partial charge in [0.1, 0.15) is 25.0 Å². The summed E-state index contributed by atoms with van der Waals surface area (Å²) in [5.74, 6) is -0.880. The Morgan fingerprint density at radius 3 is 2.51 bits per heavy atom. The number of para-hydroxylation sites is 1. The zero-order chi connectivity index (χ0) is 26.8. The smallest absolute Gasteiger partial charge is 0.240 e. The molecular formula is C30H23BrN2O6. The number of ether oxygens (including phenoxy) is 3. The summed E-state index contributed by atoms with van der Waals surface area (Å²) in [5.41, 5.74) is 2.61.